The van der Waals surface area contributed by atoms with Gasteiger partial charge in [0.25, 0.3) is 0 Å². The van der Waals surface area contributed by atoms with Crippen molar-refractivity contribution < 1.29 is 5.11 Å². The van der Waals surface area contributed by atoms with Crippen molar-refractivity contribution in [3.63, 3.8) is 0 Å². The fraction of sp³-hybridized carbons (Fsp3) is 0.692. The van der Waals surface area contributed by atoms with Crippen molar-refractivity contribution in [1.82, 2.24) is 9.97 Å². The summed E-state index contributed by atoms with van der Waals surface area (Å²) in [6.07, 6.45) is 4.36. The summed E-state index contributed by atoms with van der Waals surface area (Å²) in [7, 11) is 0. The lowest BCUT2D eigenvalue weighted by molar-refractivity contribution is 0.263. The highest BCUT2D eigenvalue weighted by atomic mass is 16.3. The molecule has 3 rings (SSSR count). The second-order valence-corrected chi connectivity index (χ2v) is 5.50. The Morgan fingerprint density at radius 1 is 1.37 bits per heavy atom. The highest BCUT2D eigenvalue weighted by molar-refractivity contribution is 5.50. The molecule has 6 heteroatoms. The van der Waals surface area contributed by atoms with Crippen LogP contribution >= 0.6 is 0 Å². The first-order valence-corrected chi connectivity index (χ1v) is 7.01. The van der Waals surface area contributed by atoms with Gasteiger partial charge in [-0.2, -0.15) is 0 Å². The first kappa shape index (κ1) is 12.6. The third kappa shape index (κ3) is 2.79. The lowest BCUT2D eigenvalue weighted by atomic mass is 10.1. The first-order chi connectivity index (χ1) is 9.30. The largest absolute Gasteiger partial charge is 0.396 e. The van der Waals surface area contributed by atoms with Gasteiger partial charge in [-0.05, 0) is 31.6 Å². The number of aliphatic hydroxyl groups is 1. The van der Waals surface area contributed by atoms with Crippen molar-refractivity contribution in [2.75, 3.05) is 30.0 Å². The van der Waals surface area contributed by atoms with Crippen LogP contribution in [0.15, 0.2) is 6.07 Å². The number of hydrogen-bond donors (Lipinski definition) is 3. The fourth-order valence-electron chi connectivity index (χ4n) is 2.67. The van der Waals surface area contributed by atoms with E-state index in [1.807, 2.05) is 6.07 Å². The van der Waals surface area contributed by atoms with Gasteiger partial charge in [0.1, 0.15) is 17.5 Å². The van der Waals surface area contributed by atoms with Gasteiger partial charge >= 0.3 is 0 Å². The van der Waals surface area contributed by atoms with E-state index in [9.17, 15) is 0 Å². The van der Waals surface area contributed by atoms with Crippen LogP contribution < -0.4 is 16.2 Å². The van der Waals surface area contributed by atoms with Crippen LogP contribution in [0.1, 0.15) is 37.4 Å². The molecule has 1 aromatic heterocycles. The number of aliphatic hydroxyl groups excluding tert-OH is 1. The van der Waals surface area contributed by atoms with Crippen LogP contribution in [-0.4, -0.2) is 34.8 Å². The molecule has 2 aliphatic rings. The summed E-state index contributed by atoms with van der Waals surface area (Å²) in [5.41, 5.74) is 2.63. The normalized spacial score (nSPS) is 22.8. The molecule has 6 nitrogen and oxygen atoms in total. The van der Waals surface area contributed by atoms with Crippen molar-refractivity contribution in [3.8, 4) is 0 Å². The van der Waals surface area contributed by atoms with Crippen LogP contribution in [0, 0.1) is 5.92 Å². The molecular weight excluding hydrogens is 242 g/mol. The minimum atomic E-state index is 0.269. The molecule has 0 aromatic carbocycles. The van der Waals surface area contributed by atoms with Gasteiger partial charge in [-0.25, -0.2) is 15.8 Å². The second kappa shape index (κ2) is 5.30. The smallest absolute Gasteiger partial charge is 0.145 e. The molecule has 4 N–H and O–H groups in total. The van der Waals surface area contributed by atoms with Crippen LogP contribution in [0.3, 0.4) is 0 Å². The van der Waals surface area contributed by atoms with E-state index in [0.717, 1.165) is 37.6 Å². The Bertz CT molecular complexity index is 449. The summed E-state index contributed by atoms with van der Waals surface area (Å²) in [6, 6.07) is 1.91. The van der Waals surface area contributed by atoms with E-state index in [4.69, 9.17) is 10.9 Å². The van der Waals surface area contributed by atoms with Crippen molar-refractivity contribution in [1.29, 1.82) is 0 Å². The standard InChI is InChI=1S/C13H21N5O/c14-17-11-7-12(16-13(15-11)10-1-2-10)18-5-3-9(8-18)4-6-19/h7,9-10,19H,1-6,8,14H2,(H,15,16,17). The molecule has 19 heavy (non-hydrogen) atoms. The Balaban J connectivity index is 1.78. The summed E-state index contributed by atoms with van der Waals surface area (Å²) in [5, 5.41) is 9.02. The molecular formula is C13H21N5O. The Labute approximate surface area is 113 Å². The van der Waals surface area contributed by atoms with Crippen LogP contribution in [-0.2, 0) is 0 Å². The zero-order chi connectivity index (χ0) is 13.2. The Kier molecular flexibility index (Phi) is 3.52. The minimum absolute atomic E-state index is 0.269. The van der Waals surface area contributed by atoms with Gasteiger partial charge in [0.2, 0.25) is 0 Å². The summed E-state index contributed by atoms with van der Waals surface area (Å²) in [4.78, 5) is 11.4. The van der Waals surface area contributed by atoms with Crippen LogP contribution in [0.2, 0.25) is 0 Å². The zero-order valence-corrected chi connectivity index (χ0v) is 11.0. The summed E-state index contributed by atoms with van der Waals surface area (Å²) in [5.74, 6) is 9.14. The van der Waals surface area contributed by atoms with Crippen molar-refractivity contribution in [3.05, 3.63) is 11.9 Å². The molecule has 0 bridgehead atoms. The predicted molar refractivity (Wildman–Crippen MR) is 73.8 cm³/mol. The van der Waals surface area contributed by atoms with Gasteiger partial charge in [-0.1, -0.05) is 0 Å². The number of hydrogen-bond acceptors (Lipinski definition) is 6. The minimum Gasteiger partial charge on any atom is -0.396 e. The van der Waals surface area contributed by atoms with E-state index in [-0.39, 0.29) is 6.61 Å². The Hall–Kier alpha value is -1.40. The number of nitrogens with zero attached hydrogens (tertiary/aromatic N) is 3. The molecule has 104 valence electrons. The maximum atomic E-state index is 9.02. The maximum absolute atomic E-state index is 9.02. The summed E-state index contributed by atoms with van der Waals surface area (Å²) in [6.45, 7) is 2.23. The van der Waals surface area contributed by atoms with Gasteiger partial charge in [0, 0.05) is 31.7 Å². The monoisotopic (exact) mass is 263 g/mol. The second-order valence-electron chi connectivity index (χ2n) is 5.50. The molecule has 1 aliphatic carbocycles. The van der Waals surface area contributed by atoms with Crippen molar-refractivity contribution >= 4 is 11.6 Å². The molecule has 0 spiro atoms. The molecule has 1 aromatic rings. The quantitative estimate of drug-likeness (QED) is 0.539. The average Bonchev–Trinajstić information content (AvgIpc) is 3.19. The van der Waals surface area contributed by atoms with E-state index in [1.165, 1.54) is 12.8 Å². The lowest BCUT2D eigenvalue weighted by Crippen LogP contribution is -2.22. The van der Waals surface area contributed by atoms with Crippen molar-refractivity contribution in [2.45, 2.75) is 31.6 Å². The van der Waals surface area contributed by atoms with Crippen LogP contribution in [0.25, 0.3) is 0 Å². The van der Waals surface area contributed by atoms with Gasteiger partial charge in [-0.3, -0.25) is 0 Å². The first-order valence-electron chi connectivity index (χ1n) is 7.01. The third-order valence-corrected chi connectivity index (χ3v) is 3.97. The predicted octanol–water partition coefficient (Wildman–Crippen LogP) is 0.848. The summed E-state index contributed by atoms with van der Waals surface area (Å²) < 4.78 is 0. The van der Waals surface area contributed by atoms with Gasteiger partial charge in [-0.15, -0.1) is 0 Å². The number of aromatic nitrogens is 2. The Morgan fingerprint density at radius 3 is 2.89 bits per heavy atom. The molecule has 1 aliphatic heterocycles. The van der Waals surface area contributed by atoms with E-state index in [2.05, 4.69) is 20.3 Å². The van der Waals surface area contributed by atoms with Crippen LogP contribution in [0.5, 0.6) is 0 Å². The van der Waals surface area contributed by atoms with E-state index < -0.39 is 0 Å². The molecule has 0 amide bonds. The highest BCUT2D eigenvalue weighted by Crippen LogP contribution is 2.39. The topological polar surface area (TPSA) is 87.3 Å². The number of nitrogens with two attached hydrogens (primary N) is 1. The van der Waals surface area contributed by atoms with E-state index in [0.29, 0.717) is 17.7 Å². The molecule has 0 radical (unpaired) electrons. The third-order valence-electron chi connectivity index (χ3n) is 3.97. The number of hydrazine groups is 1. The fourth-order valence-corrected chi connectivity index (χ4v) is 2.67. The molecule has 2 heterocycles. The zero-order valence-electron chi connectivity index (χ0n) is 11.0. The maximum Gasteiger partial charge on any atom is 0.145 e. The van der Waals surface area contributed by atoms with Gasteiger partial charge in [0.05, 0.1) is 0 Å². The number of rotatable bonds is 5. The van der Waals surface area contributed by atoms with Gasteiger partial charge in [0.15, 0.2) is 0 Å². The molecule has 1 atom stereocenters. The average molecular weight is 263 g/mol. The number of anilines is 2. The highest BCUT2D eigenvalue weighted by Gasteiger charge is 2.29. The molecule has 1 saturated heterocycles. The molecule has 2 fully saturated rings. The number of nitrogen functional groups attached to an aromatic ring is 1. The molecule has 1 unspecified atom stereocenters. The SMILES string of the molecule is NNc1cc(N2CCC(CCO)C2)nc(C2CC2)n1. The summed E-state index contributed by atoms with van der Waals surface area (Å²) >= 11 is 0. The molecule has 1 saturated carbocycles. The number of nitrogens with one attached hydrogen (secondary N) is 1. The Morgan fingerprint density at radius 2 is 2.21 bits per heavy atom. The van der Waals surface area contributed by atoms with E-state index >= 15 is 0 Å². The van der Waals surface area contributed by atoms with E-state index in [1.54, 1.807) is 0 Å². The van der Waals surface area contributed by atoms with Crippen molar-refractivity contribution in [2.24, 2.45) is 11.8 Å². The van der Waals surface area contributed by atoms with Gasteiger partial charge < -0.3 is 15.4 Å². The van der Waals surface area contributed by atoms with Crippen LogP contribution in [0.4, 0.5) is 11.6 Å². The lowest BCUT2D eigenvalue weighted by Gasteiger charge is -2.19.